The van der Waals surface area contributed by atoms with Gasteiger partial charge in [-0.3, -0.25) is 0 Å². The van der Waals surface area contributed by atoms with Crippen molar-refractivity contribution in [1.82, 2.24) is 4.98 Å². The lowest BCUT2D eigenvalue weighted by Gasteiger charge is -2.04. The van der Waals surface area contributed by atoms with E-state index in [0.29, 0.717) is 0 Å². The molecule has 0 saturated heterocycles. The molecule has 0 atom stereocenters. The quantitative estimate of drug-likeness (QED) is 0.485. The zero-order valence-electron chi connectivity index (χ0n) is 14.2. The van der Waals surface area contributed by atoms with E-state index in [0.717, 1.165) is 12.5 Å². The molecule has 0 aliphatic rings. The third kappa shape index (κ3) is 6.05. The first-order chi connectivity index (χ1) is 10.8. The summed E-state index contributed by atoms with van der Waals surface area (Å²) in [6.07, 6.45) is 13.1. The molecule has 1 heterocycles. The highest BCUT2D eigenvalue weighted by Crippen LogP contribution is 2.08. The van der Waals surface area contributed by atoms with Crippen LogP contribution in [0, 0.1) is 5.92 Å². The number of nitrogens with one attached hydrogen (secondary N) is 1. The number of unbranched alkanes of at least 4 members (excludes halogenated alkanes) is 2. The molecule has 2 heteroatoms. The van der Waals surface area contributed by atoms with Gasteiger partial charge in [0.1, 0.15) is 12.4 Å². The fourth-order valence-electron chi connectivity index (χ4n) is 2.92. The average Bonchev–Trinajstić information content (AvgIpc) is 2.96. The summed E-state index contributed by atoms with van der Waals surface area (Å²) >= 11 is 0. The molecule has 0 amide bonds. The highest BCUT2D eigenvalue weighted by atomic mass is 15.1. The number of imidazole rings is 1. The maximum atomic E-state index is 3.42. The number of aromatic nitrogens is 2. The Morgan fingerprint density at radius 1 is 0.955 bits per heavy atom. The molecule has 0 unspecified atom stereocenters. The van der Waals surface area contributed by atoms with Crippen LogP contribution in [0.5, 0.6) is 0 Å². The molecule has 120 valence electrons. The summed E-state index contributed by atoms with van der Waals surface area (Å²) in [7, 11) is 0. The fourth-order valence-corrected chi connectivity index (χ4v) is 2.92. The summed E-state index contributed by atoms with van der Waals surface area (Å²) < 4.78 is 2.40. The molecule has 1 aromatic carbocycles. The van der Waals surface area contributed by atoms with Crippen molar-refractivity contribution in [2.24, 2.45) is 5.92 Å². The van der Waals surface area contributed by atoms with Gasteiger partial charge in [-0.2, -0.15) is 0 Å². The van der Waals surface area contributed by atoms with Gasteiger partial charge in [-0.05, 0) is 37.2 Å². The number of aromatic amines is 1. The van der Waals surface area contributed by atoms with Gasteiger partial charge in [0.25, 0.3) is 5.82 Å². The predicted octanol–water partition coefficient (Wildman–Crippen LogP) is 4.69. The first-order valence-corrected chi connectivity index (χ1v) is 8.85. The molecular formula is C20H31N2+. The van der Waals surface area contributed by atoms with E-state index in [1.807, 2.05) is 0 Å². The number of H-pyrrole nitrogens is 1. The van der Waals surface area contributed by atoms with Gasteiger partial charge in [-0.1, -0.05) is 57.0 Å². The van der Waals surface area contributed by atoms with E-state index in [1.165, 1.54) is 56.3 Å². The van der Waals surface area contributed by atoms with Crippen LogP contribution in [0.25, 0.3) is 0 Å². The smallest absolute Gasteiger partial charge is 0.248 e. The lowest BCUT2D eigenvalue weighted by molar-refractivity contribution is -0.703. The normalized spacial score (nSPS) is 11.2. The van der Waals surface area contributed by atoms with Crippen LogP contribution in [0.2, 0.25) is 0 Å². The second kappa shape index (κ2) is 9.45. The Balaban J connectivity index is 1.66. The largest absolute Gasteiger partial charge is 0.254 e. The standard InChI is InChI=1S/C20H30N2/c1-18(2)10-6-7-14-20-21-15-17-22(20)16-9-8-13-19-11-4-3-5-12-19/h3-5,11-12,15,17-18H,6-10,13-14,16H2,1-2H3/p+1. The van der Waals surface area contributed by atoms with E-state index in [1.54, 1.807) is 0 Å². The van der Waals surface area contributed by atoms with Crippen molar-refractivity contribution in [3.63, 3.8) is 0 Å². The van der Waals surface area contributed by atoms with Crippen molar-refractivity contribution < 1.29 is 4.57 Å². The van der Waals surface area contributed by atoms with Gasteiger partial charge in [0.05, 0.1) is 6.54 Å². The molecule has 1 N–H and O–H groups in total. The Morgan fingerprint density at radius 2 is 1.73 bits per heavy atom. The van der Waals surface area contributed by atoms with Crippen molar-refractivity contribution in [2.75, 3.05) is 0 Å². The highest BCUT2D eigenvalue weighted by Gasteiger charge is 2.09. The van der Waals surface area contributed by atoms with E-state index in [4.69, 9.17) is 0 Å². The van der Waals surface area contributed by atoms with E-state index in [-0.39, 0.29) is 0 Å². The van der Waals surface area contributed by atoms with E-state index in [9.17, 15) is 0 Å². The molecule has 22 heavy (non-hydrogen) atoms. The van der Waals surface area contributed by atoms with Crippen LogP contribution >= 0.6 is 0 Å². The topological polar surface area (TPSA) is 19.7 Å². The second-order valence-corrected chi connectivity index (χ2v) is 6.68. The summed E-state index contributed by atoms with van der Waals surface area (Å²) in [4.78, 5) is 3.42. The summed E-state index contributed by atoms with van der Waals surface area (Å²) in [6.45, 7) is 5.75. The molecule has 2 rings (SSSR count). The molecule has 0 saturated carbocycles. The molecule has 2 aromatic rings. The van der Waals surface area contributed by atoms with Crippen LogP contribution in [-0.4, -0.2) is 4.98 Å². The SMILES string of the molecule is CC(C)CCCCc1[nH]cc[n+]1CCCCc1ccccc1. The van der Waals surface area contributed by atoms with Gasteiger partial charge >= 0.3 is 0 Å². The predicted molar refractivity (Wildman–Crippen MR) is 92.8 cm³/mol. The van der Waals surface area contributed by atoms with E-state index < -0.39 is 0 Å². The van der Waals surface area contributed by atoms with Gasteiger partial charge in [0, 0.05) is 6.42 Å². The van der Waals surface area contributed by atoms with Crippen molar-refractivity contribution in [2.45, 2.75) is 65.3 Å². The molecule has 0 fully saturated rings. The lowest BCUT2D eigenvalue weighted by atomic mass is 10.1. The molecule has 0 radical (unpaired) electrons. The number of nitrogens with zero attached hydrogens (tertiary/aromatic N) is 1. The van der Waals surface area contributed by atoms with Crippen LogP contribution in [0.4, 0.5) is 0 Å². The summed E-state index contributed by atoms with van der Waals surface area (Å²) in [6, 6.07) is 10.8. The summed E-state index contributed by atoms with van der Waals surface area (Å²) in [5.74, 6) is 2.22. The molecule has 0 bridgehead atoms. The maximum Gasteiger partial charge on any atom is 0.254 e. The second-order valence-electron chi connectivity index (χ2n) is 6.68. The van der Waals surface area contributed by atoms with E-state index in [2.05, 4.69) is 66.1 Å². The maximum absolute atomic E-state index is 3.42. The monoisotopic (exact) mass is 299 g/mol. The first-order valence-electron chi connectivity index (χ1n) is 8.85. The van der Waals surface area contributed by atoms with Crippen LogP contribution < -0.4 is 4.57 Å². The van der Waals surface area contributed by atoms with Crippen molar-refractivity contribution in [3.8, 4) is 0 Å². The van der Waals surface area contributed by atoms with Crippen molar-refractivity contribution in [1.29, 1.82) is 0 Å². The van der Waals surface area contributed by atoms with E-state index >= 15 is 0 Å². The third-order valence-corrected chi connectivity index (χ3v) is 4.25. The summed E-state index contributed by atoms with van der Waals surface area (Å²) in [5, 5.41) is 0. The Kier molecular flexibility index (Phi) is 7.21. The van der Waals surface area contributed by atoms with Crippen molar-refractivity contribution >= 4 is 0 Å². The molecule has 1 aromatic heterocycles. The minimum absolute atomic E-state index is 0.828. The zero-order valence-corrected chi connectivity index (χ0v) is 14.2. The fraction of sp³-hybridized carbons (Fsp3) is 0.550. The van der Waals surface area contributed by atoms with Crippen LogP contribution in [0.3, 0.4) is 0 Å². The average molecular weight is 299 g/mol. The molecule has 0 aliphatic heterocycles. The molecule has 0 aliphatic carbocycles. The van der Waals surface area contributed by atoms with Crippen molar-refractivity contribution in [3.05, 3.63) is 54.1 Å². The van der Waals surface area contributed by atoms with Crippen LogP contribution in [0.1, 0.15) is 57.3 Å². The summed E-state index contributed by atoms with van der Waals surface area (Å²) in [5.41, 5.74) is 1.45. The number of benzene rings is 1. The number of rotatable bonds is 10. The molecular weight excluding hydrogens is 268 g/mol. The minimum Gasteiger partial charge on any atom is -0.248 e. The first kappa shape index (κ1) is 16.8. The Bertz CT molecular complexity index is 514. The van der Waals surface area contributed by atoms with Gasteiger partial charge < -0.3 is 0 Å². The van der Waals surface area contributed by atoms with Crippen LogP contribution in [0.15, 0.2) is 42.7 Å². The van der Waals surface area contributed by atoms with Gasteiger partial charge in [0.15, 0.2) is 0 Å². The zero-order chi connectivity index (χ0) is 15.6. The molecule has 0 spiro atoms. The Labute approximate surface area is 135 Å². The van der Waals surface area contributed by atoms with Gasteiger partial charge in [-0.15, -0.1) is 0 Å². The highest BCUT2D eigenvalue weighted by molar-refractivity contribution is 5.14. The number of aryl methyl sites for hydroxylation is 3. The number of hydrogen-bond acceptors (Lipinski definition) is 0. The Morgan fingerprint density at radius 3 is 2.50 bits per heavy atom. The minimum atomic E-state index is 0.828. The van der Waals surface area contributed by atoms with Gasteiger partial charge in [0.2, 0.25) is 0 Å². The number of hydrogen-bond donors (Lipinski definition) is 1. The molecule has 2 nitrogen and oxygen atoms in total. The van der Waals surface area contributed by atoms with Crippen LogP contribution in [-0.2, 0) is 19.4 Å². The third-order valence-electron chi connectivity index (χ3n) is 4.25. The van der Waals surface area contributed by atoms with Gasteiger partial charge in [-0.25, -0.2) is 9.55 Å². The Hall–Kier alpha value is -1.57. The lowest BCUT2D eigenvalue weighted by Crippen LogP contribution is -2.36.